The summed E-state index contributed by atoms with van der Waals surface area (Å²) in [5.41, 5.74) is 1.85. The van der Waals surface area contributed by atoms with E-state index in [4.69, 9.17) is 4.74 Å². The van der Waals surface area contributed by atoms with Gasteiger partial charge in [0.05, 0.1) is 5.69 Å². The van der Waals surface area contributed by atoms with E-state index in [0.717, 1.165) is 44.5 Å². The number of nitrogens with one attached hydrogen (secondary N) is 2. The summed E-state index contributed by atoms with van der Waals surface area (Å²) in [5, 5.41) is 11.1. The molecule has 0 spiro atoms. The highest BCUT2D eigenvalue weighted by atomic mass is 16.6. The Labute approximate surface area is 145 Å². The third-order valence-corrected chi connectivity index (χ3v) is 4.24. The first kappa shape index (κ1) is 18.8. The van der Waals surface area contributed by atoms with Crippen LogP contribution in [0.25, 0.3) is 0 Å². The number of nitrogens with zero attached hydrogens (tertiary/aromatic N) is 2. The number of aryl methyl sites for hydroxylation is 3. The van der Waals surface area contributed by atoms with Gasteiger partial charge in [0.2, 0.25) is 0 Å². The highest BCUT2D eigenvalue weighted by Gasteiger charge is 2.27. The number of hydrogen-bond donors (Lipinski definition) is 2. The van der Waals surface area contributed by atoms with Crippen molar-refractivity contribution >= 4 is 6.09 Å². The number of ether oxygens (including phenoxy) is 1. The van der Waals surface area contributed by atoms with Gasteiger partial charge in [-0.25, -0.2) is 4.79 Å². The van der Waals surface area contributed by atoms with Crippen molar-refractivity contribution in [2.75, 3.05) is 6.54 Å². The number of alkyl carbamates (subject to hydrolysis) is 1. The van der Waals surface area contributed by atoms with Crippen molar-refractivity contribution in [2.45, 2.75) is 84.5 Å². The topological polar surface area (TPSA) is 68.2 Å². The number of rotatable bonds is 6. The molecule has 0 aliphatic heterocycles. The Bertz CT molecular complexity index is 548. The molecule has 1 amide bonds. The average Bonchev–Trinajstić information content (AvgIpc) is 2.99. The van der Waals surface area contributed by atoms with E-state index >= 15 is 0 Å². The normalized spacial score (nSPS) is 21.0. The Hall–Kier alpha value is -1.56. The van der Waals surface area contributed by atoms with E-state index in [1.165, 1.54) is 5.69 Å². The molecule has 2 N–H and O–H groups in total. The van der Waals surface area contributed by atoms with Gasteiger partial charge in [0.15, 0.2) is 0 Å². The Kier molecular flexibility index (Phi) is 6.27. The lowest BCUT2D eigenvalue weighted by atomic mass is 10.2. The number of carbonyl (C=O) groups excluding carboxylic acids is 1. The minimum absolute atomic E-state index is 0.216. The lowest BCUT2D eigenvalue weighted by molar-refractivity contribution is 0.0505. The molecule has 0 radical (unpaired) electrons. The molecule has 6 heteroatoms. The maximum atomic E-state index is 11.8. The molecular formula is C18H32N4O2. The summed E-state index contributed by atoms with van der Waals surface area (Å²) in [6.07, 6.45) is 3.83. The second-order valence-electron chi connectivity index (χ2n) is 7.81. The minimum Gasteiger partial charge on any atom is -0.444 e. The molecule has 1 fully saturated rings. The van der Waals surface area contributed by atoms with Crippen LogP contribution in [0.1, 0.15) is 57.8 Å². The van der Waals surface area contributed by atoms with Crippen molar-refractivity contribution in [1.29, 1.82) is 0 Å². The largest absolute Gasteiger partial charge is 0.444 e. The van der Waals surface area contributed by atoms with Crippen molar-refractivity contribution in [3.63, 3.8) is 0 Å². The quantitative estimate of drug-likeness (QED) is 0.784. The fraction of sp³-hybridized carbons (Fsp3) is 0.778. The van der Waals surface area contributed by atoms with Gasteiger partial charge in [0.25, 0.3) is 0 Å². The maximum Gasteiger partial charge on any atom is 0.407 e. The van der Waals surface area contributed by atoms with Crippen molar-refractivity contribution in [2.24, 2.45) is 0 Å². The van der Waals surface area contributed by atoms with Gasteiger partial charge in [0.1, 0.15) is 5.60 Å². The van der Waals surface area contributed by atoms with E-state index in [2.05, 4.69) is 33.4 Å². The van der Waals surface area contributed by atoms with Crippen LogP contribution in [0.4, 0.5) is 4.79 Å². The molecule has 0 bridgehead atoms. The van der Waals surface area contributed by atoms with Gasteiger partial charge in [0, 0.05) is 24.3 Å². The molecule has 24 heavy (non-hydrogen) atoms. The molecule has 2 unspecified atom stereocenters. The molecule has 1 heterocycles. The predicted octanol–water partition coefficient (Wildman–Crippen LogP) is 2.93. The van der Waals surface area contributed by atoms with Gasteiger partial charge in [-0.15, -0.1) is 0 Å². The number of amides is 1. The van der Waals surface area contributed by atoms with E-state index < -0.39 is 5.60 Å². The van der Waals surface area contributed by atoms with E-state index in [1.807, 2.05) is 27.7 Å². The summed E-state index contributed by atoms with van der Waals surface area (Å²) in [4.78, 5) is 11.8. The molecule has 2 rings (SSSR count). The third-order valence-electron chi connectivity index (χ3n) is 4.24. The van der Waals surface area contributed by atoms with Crippen LogP contribution in [0.15, 0.2) is 6.07 Å². The fourth-order valence-electron chi connectivity index (χ4n) is 3.21. The lowest BCUT2D eigenvalue weighted by Crippen LogP contribution is -2.39. The van der Waals surface area contributed by atoms with Gasteiger partial charge in [-0.1, -0.05) is 0 Å². The summed E-state index contributed by atoms with van der Waals surface area (Å²) in [6.45, 7) is 11.7. The smallest absolute Gasteiger partial charge is 0.407 e. The Morgan fingerprint density at radius 1 is 1.33 bits per heavy atom. The number of carbonyl (C=O) groups is 1. The Morgan fingerprint density at radius 3 is 2.67 bits per heavy atom. The van der Waals surface area contributed by atoms with Crippen LogP contribution in [0.3, 0.4) is 0 Å². The standard InChI is InChI=1S/C18H32N4O2/c1-13-11-14(2)22(21-13)10-6-9-19-15-7-8-16(12-15)20-17(23)24-18(3,4)5/h11,15-16,19H,6-10,12H2,1-5H3,(H,20,23). The van der Waals surface area contributed by atoms with Crippen LogP contribution >= 0.6 is 0 Å². The van der Waals surface area contributed by atoms with Crippen LogP contribution in [-0.2, 0) is 11.3 Å². The molecular weight excluding hydrogens is 304 g/mol. The summed E-state index contributed by atoms with van der Waals surface area (Å²) in [5.74, 6) is 0. The van der Waals surface area contributed by atoms with Crippen molar-refractivity contribution in [1.82, 2.24) is 20.4 Å². The van der Waals surface area contributed by atoms with Crippen molar-refractivity contribution in [3.8, 4) is 0 Å². The SMILES string of the molecule is Cc1cc(C)n(CCCNC2CCC(NC(=O)OC(C)(C)C)C2)n1. The van der Waals surface area contributed by atoms with Crippen molar-refractivity contribution < 1.29 is 9.53 Å². The van der Waals surface area contributed by atoms with E-state index in [9.17, 15) is 4.79 Å². The zero-order valence-electron chi connectivity index (χ0n) is 15.7. The van der Waals surface area contributed by atoms with Crippen LogP contribution in [-0.4, -0.2) is 40.1 Å². The van der Waals surface area contributed by atoms with Crippen LogP contribution in [0.2, 0.25) is 0 Å². The highest BCUT2D eigenvalue weighted by Crippen LogP contribution is 2.20. The first-order valence-electron chi connectivity index (χ1n) is 8.97. The average molecular weight is 336 g/mol. The molecule has 2 atom stereocenters. The van der Waals surface area contributed by atoms with Gasteiger partial charge in [-0.3, -0.25) is 4.68 Å². The molecule has 1 aromatic rings. The molecule has 1 aliphatic rings. The Balaban J connectivity index is 1.62. The van der Waals surface area contributed by atoms with Gasteiger partial charge in [-0.05, 0) is 72.9 Å². The summed E-state index contributed by atoms with van der Waals surface area (Å²) >= 11 is 0. The minimum atomic E-state index is -0.441. The molecule has 0 aromatic carbocycles. The zero-order valence-corrected chi connectivity index (χ0v) is 15.7. The summed E-state index contributed by atoms with van der Waals surface area (Å²) in [6, 6.07) is 2.80. The Morgan fingerprint density at radius 2 is 2.04 bits per heavy atom. The second kappa shape index (κ2) is 8.01. The first-order valence-corrected chi connectivity index (χ1v) is 8.97. The van der Waals surface area contributed by atoms with Crippen LogP contribution in [0.5, 0.6) is 0 Å². The lowest BCUT2D eigenvalue weighted by Gasteiger charge is -2.21. The predicted molar refractivity (Wildman–Crippen MR) is 95.1 cm³/mol. The molecule has 6 nitrogen and oxygen atoms in total. The van der Waals surface area contributed by atoms with Crippen LogP contribution < -0.4 is 10.6 Å². The van der Waals surface area contributed by atoms with E-state index in [1.54, 1.807) is 0 Å². The summed E-state index contributed by atoms with van der Waals surface area (Å²) < 4.78 is 7.38. The second-order valence-corrected chi connectivity index (χ2v) is 7.81. The first-order chi connectivity index (χ1) is 11.2. The molecule has 1 saturated carbocycles. The summed E-state index contributed by atoms with van der Waals surface area (Å²) in [7, 11) is 0. The molecule has 136 valence electrons. The molecule has 1 aromatic heterocycles. The van der Waals surface area contributed by atoms with E-state index in [0.29, 0.717) is 6.04 Å². The zero-order chi connectivity index (χ0) is 17.7. The van der Waals surface area contributed by atoms with Crippen molar-refractivity contribution in [3.05, 3.63) is 17.5 Å². The van der Waals surface area contributed by atoms with Gasteiger partial charge < -0.3 is 15.4 Å². The highest BCUT2D eigenvalue weighted by molar-refractivity contribution is 5.68. The van der Waals surface area contributed by atoms with Crippen LogP contribution in [0, 0.1) is 13.8 Å². The third kappa shape index (κ3) is 6.15. The maximum absolute atomic E-state index is 11.8. The van der Waals surface area contributed by atoms with E-state index in [-0.39, 0.29) is 12.1 Å². The monoisotopic (exact) mass is 336 g/mol. The molecule has 0 saturated heterocycles. The fourth-order valence-corrected chi connectivity index (χ4v) is 3.21. The number of hydrogen-bond acceptors (Lipinski definition) is 4. The molecule has 1 aliphatic carbocycles. The van der Waals surface area contributed by atoms with Gasteiger partial charge >= 0.3 is 6.09 Å². The van der Waals surface area contributed by atoms with Gasteiger partial charge in [-0.2, -0.15) is 5.10 Å². The number of aromatic nitrogens is 2.